The summed E-state index contributed by atoms with van der Waals surface area (Å²) in [6.07, 6.45) is 5.08. The lowest BCUT2D eigenvalue weighted by Gasteiger charge is -2.30. The summed E-state index contributed by atoms with van der Waals surface area (Å²) < 4.78 is 2.32. The molecule has 0 unspecified atom stereocenters. The molecule has 0 radical (unpaired) electrons. The zero-order valence-corrected chi connectivity index (χ0v) is 18.1. The normalized spacial score (nSPS) is 15.4. The minimum Gasteiger partial charge on any atom is -0.313 e. The van der Waals surface area contributed by atoms with Crippen LogP contribution in [-0.4, -0.2) is 10.4 Å². The molecule has 0 saturated heterocycles. The zero-order valence-electron chi connectivity index (χ0n) is 18.1. The molecular weight excluding hydrogens is 354 g/mol. The number of benzene rings is 2. The fourth-order valence-electron chi connectivity index (χ4n) is 4.44. The Morgan fingerprint density at radius 2 is 1.66 bits per heavy atom. The Labute approximate surface area is 174 Å². The highest BCUT2D eigenvalue weighted by atomic mass is 16.1. The number of hydrogen-bond acceptors (Lipinski definition) is 1. The van der Waals surface area contributed by atoms with Gasteiger partial charge in [-0.3, -0.25) is 4.79 Å². The van der Waals surface area contributed by atoms with Crippen molar-refractivity contribution in [2.24, 2.45) is 5.41 Å². The first-order valence-corrected chi connectivity index (χ1v) is 10.8. The second kappa shape index (κ2) is 7.67. The molecule has 3 aromatic rings. The van der Waals surface area contributed by atoms with Crippen molar-refractivity contribution < 1.29 is 4.79 Å². The molecule has 0 aliphatic heterocycles. The molecule has 1 heterocycles. The van der Waals surface area contributed by atoms with Gasteiger partial charge in [0.1, 0.15) is 0 Å². The third-order valence-electron chi connectivity index (χ3n) is 6.05. The second-order valence-corrected chi connectivity index (χ2v) is 9.30. The molecule has 150 valence electrons. The van der Waals surface area contributed by atoms with Crippen LogP contribution in [0.5, 0.6) is 0 Å². The van der Waals surface area contributed by atoms with Crippen LogP contribution in [0.4, 0.5) is 0 Å². The van der Waals surface area contributed by atoms with Gasteiger partial charge in [0.25, 0.3) is 0 Å². The number of Topliss-reactive ketones (excluding diaryl/α,β-unsaturated/α-hetero) is 1. The standard InChI is InChI=1S/C27H31NO/c1-5-6-7-20-10-14-22(15-11-20)28-24(21-12-8-19(2)9-13-21)16-23-25(28)17-27(3,4)18-26(23)29/h8-16H,5-7,17-18H2,1-4H3. The van der Waals surface area contributed by atoms with E-state index in [2.05, 4.69) is 86.9 Å². The summed E-state index contributed by atoms with van der Waals surface area (Å²) in [5.41, 5.74) is 8.09. The molecule has 0 fully saturated rings. The summed E-state index contributed by atoms with van der Waals surface area (Å²) >= 11 is 0. The minimum atomic E-state index is -0.00814. The fourth-order valence-corrected chi connectivity index (χ4v) is 4.44. The third kappa shape index (κ3) is 3.94. The van der Waals surface area contributed by atoms with Gasteiger partial charge in [-0.2, -0.15) is 0 Å². The number of nitrogens with zero attached hydrogens (tertiary/aromatic N) is 1. The number of ketones is 1. The van der Waals surface area contributed by atoms with Crippen molar-refractivity contribution in [3.05, 3.63) is 77.0 Å². The number of carbonyl (C=O) groups is 1. The first kappa shape index (κ1) is 19.7. The topological polar surface area (TPSA) is 22.0 Å². The number of aryl methyl sites for hydroxylation is 2. The molecule has 1 aliphatic rings. The minimum absolute atomic E-state index is 0.00814. The van der Waals surface area contributed by atoms with Crippen LogP contribution in [-0.2, 0) is 12.8 Å². The van der Waals surface area contributed by atoms with Gasteiger partial charge in [0.15, 0.2) is 5.78 Å². The van der Waals surface area contributed by atoms with Crippen LogP contribution < -0.4 is 0 Å². The van der Waals surface area contributed by atoms with Crippen LogP contribution >= 0.6 is 0 Å². The fraction of sp³-hybridized carbons (Fsp3) is 0.370. The van der Waals surface area contributed by atoms with Crippen LogP contribution in [0, 0.1) is 12.3 Å². The van der Waals surface area contributed by atoms with E-state index in [9.17, 15) is 4.79 Å². The van der Waals surface area contributed by atoms with E-state index in [4.69, 9.17) is 0 Å². The van der Waals surface area contributed by atoms with Gasteiger partial charge in [-0.1, -0.05) is 69.2 Å². The SMILES string of the molecule is CCCCc1ccc(-n2c(-c3ccc(C)cc3)cc3c2CC(C)(C)CC3=O)cc1. The molecule has 2 heteroatoms. The Morgan fingerprint density at radius 1 is 0.966 bits per heavy atom. The average molecular weight is 386 g/mol. The number of unbranched alkanes of at least 4 members (excludes halogenated alkanes) is 1. The first-order chi connectivity index (χ1) is 13.9. The van der Waals surface area contributed by atoms with Crippen molar-refractivity contribution in [3.63, 3.8) is 0 Å². The van der Waals surface area contributed by atoms with Gasteiger partial charge in [-0.05, 0) is 60.9 Å². The molecule has 29 heavy (non-hydrogen) atoms. The Hall–Kier alpha value is -2.61. The quantitative estimate of drug-likeness (QED) is 0.466. The molecule has 0 atom stereocenters. The molecule has 0 amide bonds. The molecule has 0 spiro atoms. The van der Waals surface area contributed by atoms with E-state index in [0.29, 0.717) is 6.42 Å². The molecule has 0 N–H and O–H groups in total. The van der Waals surface area contributed by atoms with Crippen molar-refractivity contribution in [2.75, 3.05) is 0 Å². The zero-order chi connectivity index (χ0) is 20.6. The Kier molecular flexibility index (Phi) is 5.21. The van der Waals surface area contributed by atoms with Crippen LogP contribution in [0.25, 0.3) is 16.9 Å². The van der Waals surface area contributed by atoms with Gasteiger partial charge >= 0.3 is 0 Å². The summed E-state index contributed by atoms with van der Waals surface area (Å²) in [6, 6.07) is 19.6. The van der Waals surface area contributed by atoms with Crippen LogP contribution in [0.2, 0.25) is 0 Å². The lowest BCUT2D eigenvalue weighted by atomic mass is 9.76. The van der Waals surface area contributed by atoms with Gasteiger partial charge in [0, 0.05) is 23.4 Å². The molecule has 4 rings (SSSR count). The van der Waals surface area contributed by atoms with E-state index in [1.165, 1.54) is 24.0 Å². The number of hydrogen-bond donors (Lipinski definition) is 0. The largest absolute Gasteiger partial charge is 0.313 e. The molecular formula is C27H31NO. The molecule has 2 nitrogen and oxygen atoms in total. The maximum Gasteiger partial charge on any atom is 0.165 e. The second-order valence-electron chi connectivity index (χ2n) is 9.30. The van der Waals surface area contributed by atoms with E-state index in [-0.39, 0.29) is 11.2 Å². The molecule has 1 aliphatic carbocycles. The third-order valence-corrected chi connectivity index (χ3v) is 6.05. The summed E-state index contributed by atoms with van der Waals surface area (Å²) in [4.78, 5) is 12.9. The van der Waals surface area contributed by atoms with Gasteiger partial charge in [-0.15, -0.1) is 0 Å². The lowest BCUT2D eigenvalue weighted by molar-refractivity contribution is 0.0911. The van der Waals surface area contributed by atoms with Crippen molar-refractivity contribution in [1.82, 2.24) is 4.57 Å². The predicted octanol–water partition coefficient (Wildman–Crippen LogP) is 6.95. The predicted molar refractivity (Wildman–Crippen MR) is 121 cm³/mol. The van der Waals surface area contributed by atoms with Crippen LogP contribution in [0.3, 0.4) is 0 Å². The van der Waals surface area contributed by atoms with Gasteiger partial charge in [0.2, 0.25) is 0 Å². The Balaban J connectivity index is 1.86. The highest BCUT2D eigenvalue weighted by Gasteiger charge is 2.34. The molecule has 0 bridgehead atoms. The van der Waals surface area contributed by atoms with Gasteiger partial charge in [0.05, 0.1) is 5.69 Å². The van der Waals surface area contributed by atoms with Gasteiger partial charge < -0.3 is 4.57 Å². The number of rotatable bonds is 5. The van der Waals surface area contributed by atoms with Crippen molar-refractivity contribution in [3.8, 4) is 16.9 Å². The van der Waals surface area contributed by atoms with Crippen molar-refractivity contribution >= 4 is 5.78 Å². The highest BCUT2D eigenvalue weighted by Crippen LogP contribution is 2.40. The van der Waals surface area contributed by atoms with Crippen molar-refractivity contribution in [2.45, 2.75) is 59.8 Å². The van der Waals surface area contributed by atoms with Crippen LogP contribution in [0.15, 0.2) is 54.6 Å². The maximum atomic E-state index is 12.9. The number of fused-ring (bicyclic) bond motifs is 1. The number of carbonyl (C=O) groups excluding carboxylic acids is 1. The summed E-state index contributed by atoms with van der Waals surface area (Å²) in [7, 11) is 0. The Morgan fingerprint density at radius 3 is 2.31 bits per heavy atom. The van der Waals surface area contributed by atoms with Crippen LogP contribution in [0.1, 0.15) is 67.2 Å². The highest BCUT2D eigenvalue weighted by molar-refractivity contribution is 6.00. The summed E-state index contributed by atoms with van der Waals surface area (Å²) in [6.45, 7) is 8.73. The van der Waals surface area contributed by atoms with E-state index in [0.717, 1.165) is 41.0 Å². The molecule has 2 aromatic carbocycles. The number of aromatic nitrogens is 1. The van der Waals surface area contributed by atoms with E-state index in [1.807, 2.05) is 0 Å². The monoisotopic (exact) mass is 385 g/mol. The smallest absolute Gasteiger partial charge is 0.165 e. The Bertz CT molecular complexity index is 1020. The molecule has 1 aromatic heterocycles. The van der Waals surface area contributed by atoms with Gasteiger partial charge in [-0.25, -0.2) is 0 Å². The molecule has 0 saturated carbocycles. The maximum absolute atomic E-state index is 12.9. The van der Waals surface area contributed by atoms with Crippen molar-refractivity contribution in [1.29, 1.82) is 0 Å². The lowest BCUT2D eigenvalue weighted by Crippen LogP contribution is -2.27. The van der Waals surface area contributed by atoms with E-state index >= 15 is 0 Å². The summed E-state index contributed by atoms with van der Waals surface area (Å²) in [5, 5.41) is 0. The first-order valence-electron chi connectivity index (χ1n) is 10.8. The average Bonchev–Trinajstić information content (AvgIpc) is 3.06. The summed E-state index contributed by atoms with van der Waals surface area (Å²) in [5.74, 6) is 0.267. The van der Waals surface area contributed by atoms with E-state index < -0.39 is 0 Å². The van der Waals surface area contributed by atoms with E-state index in [1.54, 1.807) is 0 Å².